The van der Waals surface area contributed by atoms with E-state index in [1.54, 1.807) is 20.5 Å². The molecule has 1 aromatic carbocycles. The third-order valence-corrected chi connectivity index (χ3v) is 2.96. The molecule has 16 heavy (non-hydrogen) atoms. The second-order valence-electron chi connectivity index (χ2n) is 3.07. The summed E-state index contributed by atoms with van der Waals surface area (Å²) >= 11 is 3.41. The van der Waals surface area contributed by atoms with Crippen molar-refractivity contribution in [2.45, 2.75) is 0 Å². The van der Waals surface area contributed by atoms with Crippen LogP contribution < -0.4 is 9.47 Å². The van der Waals surface area contributed by atoms with Crippen molar-refractivity contribution in [2.24, 2.45) is 0 Å². The summed E-state index contributed by atoms with van der Waals surface area (Å²) in [6.45, 7) is 0. The number of hydrogen-bond acceptors (Lipinski definition) is 4. The Hall–Kier alpha value is -1.49. The van der Waals surface area contributed by atoms with Crippen LogP contribution in [-0.4, -0.2) is 19.2 Å². The van der Waals surface area contributed by atoms with Crippen molar-refractivity contribution in [1.82, 2.24) is 4.98 Å². The quantitative estimate of drug-likeness (QED) is 0.868. The Bertz CT molecular complexity index is 457. The first-order valence-corrected chi connectivity index (χ1v) is 5.35. The van der Waals surface area contributed by atoms with Crippen LogP contribution in [0, 0.1) is 0 Å². The van der Waals surface area contributed by atoms with Gasteiger partial charge in [0, 0.05) is 5.56 Å². The van der Waals surface area contributed by atoms with Gasteiger partial charge in [-0.25, -0.2) is 4.98 Å². The van der Waals surface area contributed by atoms with Gasteiger partial charge in [0.2, 0.25) is 0 Å². The van der Waals surface area contributed by atoms with Gasteiger partial charge in [-0.15, -0.1) is 0 Å². The fourth-order valence-electron chi connectivity index (χ4n) is 1.37. The van der Waals surface area contributed by atoms with Gasteiger partial charge >= 0.3 is 0 Å². The van der Waals surface area contributed by atoms with E-state index < -0.39 is 0 Å². The van der Waals surface area contributed by atoms with Crippen LogP contribution >= 0.6 is 15.9 Å². The Morgan fingerprint density at radius 3 is 2.25 bits per heavy atom. The predicted molar refractivity (Wildman–Crippen MR) is 62.7 cm³/mol. The lowest BCUT2D eigenvalue weighted by Gasteiger charge is -2.10. The highest BCUT2D eigenvalue weighted by atomic mass is 79.9. The molecule has 4 nitrogen and oxygen atoms in total. The first-order chi connectivity index (χ1) is 7.76. The number of hydrogen-bond donors (Lipinski definition) is 0. The molecule has 0 atom stereocenters. The lowest BCUT2D eigenvalue weighted by Crippen LogP contribution is -1.91. The number of nitrogens with zero attached hydrogens (tertiary/aromatic N) is 1. The summed E-state index contributed by atoms with van der Waals surface area (Å²) in [7, 11) is 3.21. The first-order valence-electron chi connectivity index (χ1n) is 4.56. The highest BCUT2D eigenvalue weighted by Gasteiger charge is 2.12. The van der Waals surface area contributed by atoms with Gasteiger partial charge in [0.15, 0.2) is 6.39 Å². The number of aromatic nitrogens is 1. The van der Waals surface area contributed by atoms with Gasteiger partial charge < -0.3 is 13.9 Å². The molecule has 0 fully saturated rings. The van der Waals surface area contributed by atoms with Gasteiger partial charge in [-0.05, 0) is 28.1 Å². The zero-order valence-electron chi connectivity index (χ0n) is 8.86. The second-order valence-corrected chi connectivity index (χ2v) is 3.86. The van der Waals surface area contributed by atoms with Gasteiger partial charge in [0.05, 0.1) is 14.2 Å². The van der Waals surface area contributed by atoms with E-state index in [1.165, 1.54) is 6.39 Å². The summed E-state index contributed by atoms with van der Waals surface area (Å²) < 4.78 is 16.2. The summed E-state index contributed by atoms with van der Waals surface area (Å²) in [5.74, 6) is 1.38. The molecule has 0 amide bonds. The van der Waals surface area contributed by atoms with Gasteiger partial charge in [-0.2, -0.15) is 0 Å². The minimum absolute atomic E-state index is 0.692. The van der Waals surface area contributed by atoms with Gasteiger partial charge in [0.25, 0.3) is 0 Å². The molecule has 0 aliphatic carbocycles. The van der Waals surface area contributed by atoms with Crippen LogP contribution in [0.2, 0.25) is 0 Å². The van der Waals surface area contributed by atoms with Crippen molar-refractivity contribution in [2.75, 3.05) is 14.2 Å². The normalized spacial score (nSPS) is 10.2. The van der Waals surface area contributed by atoms with Crippen molar-refractivity contribution in [3.05, 3.63) is 29.3 Å². The Labute approximate surface area is 101 Å². The average molecular weight is 284 g/mol. The molecule has 1 aromatic heterocycles. The van der Waals surface area contributed by atoms with Crippen molar-refractivity contribution < 1.29 is 13.9 Å². The van der Waals surface area contributed by atoms with Crippen LogP contribution in [0.5, 0.6) is 11.5 Å². The Morgan fingerprint density at radius 2 is 1.81 bits per heavy atom. The van der Waals surface area contributed by atoms with Gasteiger partial charge in [-0.1, -0.05) is 0 Å². The Kier molecular flexibility index (Phi) is 3.14. The summed E-state index contributed by atoms with van der Waals surface area (Å²) in [4.78, 5) is 4.07. The van der Waals surface area contributed by atoms with Gasteiger partial charge in [0.1, 0.15) is 27.9 Å². The molecule has 1 heterocycles. The zero-order valence-corrected chi connectivity index (χ0v) is 10.4. The van der Waals surface area contributed by atoms with E-state index in [0.29, 0.717) is 11.5 Å². The maximum Gasteiger partial charge on any atom is 0.181 e. The van der Waals surface area contributed by atoms with E-state index in [4.69, 9.17) is 13.9 Å². The van der Waals surface area contributed by atoms with Crippen LogP contribution in [0.25, 0.3) is 11.3 Å². The third-order valence-electron chi connectivity index (χ3n) is 2.17. The Morgan fingerprint density at radius 1 is 1.19 bits per heavy atom. The summed E-state index contributed by atoms with van der Waals surface area (Å²) in [6.07, 6.45) is 2.96. The number of ether oxygens (including phenoxy) is 2. The molecule has 5 heteroatoms. The third kappa shape index (κ3) is 1.90. The van der Waals surface area contributed by atoms with E-state index in [9.17, 15) is 0 Å². The average Bonchev–Trinajstić information content (AvgIpc) is 2.83. The van der Waals surface area contributed by atoms with Crippen LogP contribution in [0.1, 0.15) is 0 Å². The molecule has 0 aliphatic rings. The zero-order chi connectivity index (χ0) is 11.5. The van der Waals surface area contributed by atoms with Gasteiger partial charge in [-0.3, -0.25) is 0 Å². The fourth-order valence-corrected chi connectivity index (χ4v) is 1.92. The van der Waals surface area contributed by atoms with Crippen molar-refractivity contribution in [3.8, 4) is 22.8 Å². The predicted octanol–water partition coefficient (Wildman–Crippen LogP) is 3.12. The maximum absolute atomic E-state index is 5.24. The van der Waals surface area contributed by atoms with Crippen molar-refractivity contribution >= 4 is 15.9 Å². The lowest BCUT2D eigenvalue weighted by atomic mass is 10.1. The molecule has 0 aliphatic heterocycles. The highest BCUT2D eigenvalue weighted by Crippen LogP contribution is 2.38. The fraction of sp³-hybridized carbons (Fsp3) is 0.182. The molecule has 0 unspecified atom stereocenters. The molecule has 84 valence electrons. The molecule has 2 aromatic rings. The molecule has 2 rings (SSSR count). The lowest BCUT2D eigenvalue weighted by molar-refractivity contribution is 0.390. The topological polar surface area (TPSA) is 44.5 Å². The summed E-state index contributed by atoms with van der Waals surface area (Å²) in [5.41, 5.74) is 1.62. The molecular weight excluding hydrogens is 274 g/mol. The molecule has 0 spiro atoms. The monoisotopic (exact) mass is 283 g/mol. The maximum atomic E-state index is 5.24. The molecular formula is C11H10BrNO3. The molecule has 0 saturated heterocycles. The standard InChI is InChI=1S/C11H10BrNO3/c1-14-9-3-7(8-5-16-6-13-8)4-10(15-2)11(9)12/h3-6H,1-2H3. The number of halogens is 1. The second kappa shape index (κ2) is 4.57. The Balaban J connectivity index is 2.56. The van der Waals surface area contributed by atoms with E-state index in [2.05, 4.69) is 20.9 Å². The van der Waals surface area contributed by atoms with E-state index in [-0.39, 0.29) is 0 Å². The number of methoxy groups -OCH3 is 2. The molecule has 0 bridgehead atoms. The van der Waals surface area contributed by atoms with E-state index in [1.807, 2.05) is 12.1 Å². The highest BCUT2D eigenvalue weighted by molar-refractivity contribution is 9.10. The number of oxazole rings is 1. The van der Waals surface area contributed by atoms with Crippen LogP contribution in [0.15, 0.2) is 33.7 Å². The summed E-state index contributed by atoms with van der Waals surface area (Å²) in [6, 6.07) is 3.73. The minimum Gasteiger partial charge on any atom is -0.495 e. The summed E-state index contributed by atoms with van der Waals surface area (Å²) in [5, 5.41) is 0. The number of rotatable bonds is 3. The first kappa shape index (κ1) is 11.0. The largest absolute Gasteiger partial charge is 0.495 e. The van der Waals surface area contributed by atoms with Crippen LogP contribution in [0.3, 0.4) is 0 Å². The smallest absolute Gasteiger partial charge is 0.181 e. The van der Waals surface area contributed by atoms with Crippen LogP contribution in [0.4, 0.5) is 0 Å². The van der Waals surface area contributed by atoms with Crippen molar-refractivity contribution in [3.63, 3.8) is 0 Å². The number of benzene rings is 1. The minimum atomic E-state index is 0.692. The molecule has 0 N–H and O–H groups in total. The SMILES string of the molecule is COc1cc(-c2cocn2)cc(OC)c1Br. The van der Waals surface area contributed by atoms with E-state index in [0.717, 1.165) is 15.7 Å². The van der Waals surface area contributed by atoms with Crippen molar-refractivity contribution in [1.29, 1.82) is 0 Å². The molecule has 0 radical (unpaired) electrons. The molecule has 0 saturated carbocycles. The van der Waals surface area contributed by atoms with E-state index >= 15 is 0 Å². The van der Waals surface area contributed by atoms with Crippen LogP contribution in [-0.2, 0) is 0 Å².